The number of carbonyl (C=O) groups excluding carboxylic acids is 1. The molecule has 3 heteroatoms. The number of alkyl halides is 1. The summed E-state index contributed by atoms with van der Waals surface area (Å²) in [6.07, 6.45) is 3.46. The predicted molar refractivity (Wildman–Crippen MR) is 66.1 cm³/mol. The minimum Gasteiger partial charge on any atom is -0.351 e. The molecule has 1 N–H and O–H groups in total. The molecule has 0 radical (unpaired) electrons. The first kappa shape index (κ1) is 11.5. The van der Waals surface area contributed by atoms with Crippen molar-refractivity contribution in [1.82, 2.24) is 5.32 Å². The van der Waals surface area contributed by atoms with E-state index in [9.17, 15) is 4.79 Å². The Labute approximate surface area is 101 Å². The van der Waals surface area contributed by atoms with E-state index in [4.69, 9.17) is 11.6 Å². The van der Waals surface area contributed by atoms with Crippen molar-refractivity contribution < 1.29 is 4.79 Å². The van der Waals surface area contributed by atoms with Gasteiger partial charge in [-0.15, -0.1) is 11.6 Å². The van der Waals surface area contributed by atoms with Crippen LogP contribution in [0.15, 0.2) is 18.2 Å². The van der Waals surface area contributed by atoms with Crippen molar-refractivity contribution in [3.05, 3.63) is 34.9 Å². The number of rotatable bonds is 3. The summed E-state index contributed by atoms with van der Waals surface area (Å²) < 4.78 is 0. The molecule has 0 spiro atoms. The van der Waals surface area contributed by atoms with Crippen molar-refractivity contribution in [2.45, 2.75) is 31.6 Å². The van der Waals surface area contributed by atoms with Gasteiger partial charge >= 0.3 is 0 Å². The molecule has 1 unspecified atom stereocenters. The van der Waals surface area contributed by atoms with Crippen LogP contribution in [0.4, 0.5) is 0 Å². The van der Waals surface area contributed by atoms with E-state index < -0.39 is 0 Å². The fourth-order valence-corrected chi connectivity index (χ4v) is 2.13. The number of fused-ring (bicyclic) bond motifs is 1. The van der Waals surface area contributed by atoms with Gasteiger partial charge in [0.2, 0.25) is 0 Å². The summed E-state index contributed by atoms with van der Waals surface area (Å²) in [5, 5.41) is 2.79. The lowest BCUT2D eigenvalue weighted by Gasteiger charge is -2.07. The Balaban J connectivity index is 2.06. The topological polar surface area (TPSA) is 29.1 Å². The summed E-state index contributed by atoms with van der Waals surface area (Å²) in [4.78, 5) is 11.8. The zero-order valence-electron chi connectivity index (χ0n) is 9.42. The molecule has 0 fully saturated rings. The number of benzene rings is 1. The van der Waals surface area contributed by atoms with E-state index >= 15 is 0 Å². The molecular formula is C13H16ClNO. The van der Waals surface area contributed by atoms with E-state index in [2.05, 4.69) is 11.4 Å². The van der Waals surface area contributed by atoms with Gasteiger partial charge in [-0.25, -0.2) is 0 Å². The number of nitrogens with one attached hydrogen (secondary N) is 1. The summed E-state index contributed by atoms with van der Waals surface area (Å²) in [7, 11) is 0. The van der Waals surface area contributed by atoms with E-state index in [1.165, 1.54) is 17.5 Å². The number of aryl methyl sites for hydroxylation is 2. The maximum atomic E-state index is 11.8. The van der Waals surface area contributed by atoms with Gasteiger partial charge in [-0.3, -0.25) is 4.79 Å². The van der Waals surface area contributed by atoms with Crippen LogP contribution in [0.5, 0.6) is 0 Å². The van der Waals surface area contributed by atoms with Gasteiger partial charge in [0.1, 0.15) is 0 Å². The largest absolute Gasteiger partial charge is 0.351 e. The first-order valence-corrected chi connectivity index (χ1v) is 6.14. The number of carbonyl (C=O) groups is 1. The van der Waals surface area contributed by atoms with Crippen molar-refractivity contribution in [3.63, 3.8) is 0 Å². The smallest absolute Gasteiger partial charge is 0.251 e. The van der Waals surface area contributed by atoms with Crippen LogP contribution in [-0.2, 0) is 12.8 Å². The van der Waals surface area contributed by atoms with E-state index in [0.29, 0.717) is 6.54 Å². The molecule has 1 aliphatic rings. The highest BCUT2D eigenvalue weighted by Gasteiger charge is 2.13. The third kappa shape index (κ3) is 2.56. The average Bonchev–Trinajstić information content (AvgIpc) is 2.72. The lowest BCUT2D eigenvalue weighted by Crippen LogP contribution is -2.28. The fraction of sp³-hybridized carbons (Fsp3) is 0.462. The Morgan fingerprint density at radius 3 is 2.94 bits per heavy atom. The molecule has 1 amide bonds. The second-order valence-electron chi connectivity index (χ2n) is 4.33. The van der Waals surface area contributed by atoms with Crippen molar-refractivity contribution in [1.29, 1.82) is 0 Å². The van der Waals surface area contributed by atoms with Crippen LogP contribution in [0.25, 0.3) is 0 Å². The van der Waals surface area contributed by atoms with Gasteiger partial charge in [0.25, 0.3) is 5.91 Å². The van der Waals surface area contributed by atoms with E-state index in [1.54, 1.807) is 0 Å². The molecule has 1 aliphatic carbocycles. The molecule has 1 aromatic rings. The third-order valence-corrected chi connectivity index (χ3v) is 3.06. The second-order valence-corrected chi connectivity index (χ2v) is 5.07. The Kier molecular flexibility index (Phi) is 3.49. The molecule has 16 heavy (non-hydrogen) atoms. The Hall–Kier alpha value is -1.02. The maximum Gasteiger partial charge on any atom is 0.251 e. The lowest BCUT2D eigenvalue weighted by atomic mass is 10.1. The van der Waals surface area contributed by atoms with E-state index in [0.717, 1.165) is 18.4 Å². The SMILES string of the molecule is CC(Cl)CNC(=O)c1ccc2c(c1)CCC2. The van der Waals surface area contributed by atoms with E-state index in [-0.39, 0.29) is 11.3 Å². The van der Waals surface area contributed by atoms with Gasteiger partial charge in [-0.1, -0.05) is 6.07 Å². The van der Waals surface area contributed by atoms with Crippen LogP contribution in [0.3, 0.4) is 0 Å². The second kappa shape index (κ2) is 4.88. The van der Waals surface area contributed by atoms with Gasteiger partial charge in [-0.2, -0.15) is 0 Å². The molecule has 0 bridgehead atoms. The van der Waals surface area contributed by atoms with Crippen LogP contribution in [0.2, 0.25) is 0 Å². The van der Waals surface area contributed by atoms with E-state index in [1.807, 2.05) is 19.1 Å². The predicted octanol–water partition coefficient (Wildman–Crippen LogP) is 2.53. The van der Waals surface area contributed by atoms with Crippen LogP contribution >= 0.6 is 11.6 Å². The standard InChI is InChI=1S/C13H16ClNO/c1-9(14)8-15-13(16)12-6-5-10-3-2-4-11(10)7-12/h5-7,9H,2-4,8H2,1H3,(H,15,16). The monoisotopic (exact) mass is 237 g/mol. The van der Waals surface area contributed by atoms with Crippen molar-refractivity contribution in [3.8, 4) is 0 Å². The maximum absolute atomic E-state index is 11.8. The molecule has 0 aromatic heterocycles. The van der Waals surface area contributed by atoms with Crippen molar-refractivity contribution >= 4 is 17.5 Å². The Bertz CT molecular complexity index is 401. The summed E-state index contributed by atoms with van der Waals surface area (Å²) in [5.74, 6) is -0.0257. The normalized spacial score (nSPS) is 15.6. The molecule has 1 aromatic carbocycles. The van der Waals surface area contributed by atoms with Gasteiger partial charge in [0, 0.05) is 17.5 Å². The highest BCUT2D eigenvalue weighted by Crippen LogP contribution is 2.22. The van der Waals surface area contributed by atoms with Crippen molar-refractivity contribution in [2.24, 2.45) is 0 Å². The van der Waals surface area contributed by atoms with Crippen LogP contribution in [0, 0.1) is 0 Å². The quantitative estimate of drug-likeness (QED) is 0.805. The molecule has 0 aliphatic heterocycles. The number of hydrogen-bond donors (Lipinski definition) is 1. The van der Waals surface area contributed by atoms with Crippen LogP contribution in [-0.4, -0.2) is 17.8 Å². The highest BCUT2D eigenvalue weighted by molar-refractivity contribution is 6.20. The molecule has 0 heterocycles. The van der Waals surface area contributed by atoms with Gasteiger partial charge in [0.05, 0.1) is 0 Å². The van der Waals surface area contributed by atoms with Crippen molar-refractivity contribution in [2.75, 3.05) is 6.54 Å². The summed E-state index contributed by atoms with van der Waals surface area (Å²) >= 11 is 5.79. The first-order chi connectivity index (χ1) is 7.66. The van der Waals surface area contributed by atoms with Gasteiger partial charge in [-0.05, 0) is 49.4 Å². The number of amides is 1. The summed E-state index contributed by atoms with van der Waals surface area (Å²) in [6, 6.07) is 5.98. The summed E-state index contributed by atoms with van der Waals surface area (Å²) in [6.45, 7) is 2.38. The van der Waals surface area contributed by atoms with Crippen LogP contribution < -0.4 is 5.32 Å². The van der Waals surface area contributed by atoms with Gasteiger partial charge < -0.3 is 5.32 Å². The van der Waals surface area contributed by atoms with Gasteiger partial charge in [0.15, 0.2) is 0 Å². The molecule has 0 saturated carbocycles. The third-order valence-electron chi connectivity index (χ3n) is 2.90. The molecule has 2 rings (SSSR count). The molecular weight excluding hydrogens is 222 g/mol. The highest BCUT2D eigenvalue weighted by atomic mass is 35.5. The number of halogens is 1. The van der Waals surface area contributed by atoms with Crippen LogP contribution in [0.1, 0.15) is 34.8 Å². The first-order valence-electron chi connectivity index (χ1n) is 5.71. The minimum absolute atomic E-state index is 0.0257. The summed E-state index contributed by atoms with van der Waals surface area (Å²) in [5.41, 5.74) is 3.46. The molecule has 86 valence electrons. The average molecular weight is 238 g/mol. The fourth-order valence-electron chi connectivity index (χ4n) is 2.05. The lowest BCUT2D eigenvalue weighted by molar-refractivity contribution is 0.0954. The Morgan fingerprint density at radius 1 is 1.44 bits per heavy atom. The molecule has 2 nitrogen and oxygen atoms in total. The minimum atomic E-state index is -0.0293. The Morgan fingerprint density at radius 2 is 2.19 bits per heavy atom. The molecule has 0 saturated heterocycles. The zero-order chi connectivity index (χ0) is 11.5. The molecule has 1 atom stereocenters. The number of hydrogen-bond acceptors (Lipinski definition) is 1. The zero-order valence-corrected chi connectivity index (χ0v) is 10.2.